The van der Waals surface area contributed by atoms with Crippen LogP contribution in [0, 0.1) is 20.8 Å². The molecule has 0 radical (unpaired) electrons. The summed E-state index contributed by atoms with van der Waals surface area (Å²) in [6, 6.07) is 12.1. The van der Waals surface area contributed by atoms with Crippen molar-refractivity contribution in [2.45, 2.75) is 20.8 Å². The van der Waals surface area contributed by atoms with Crippen molar-refractivity contribution in [3.8, 4) is 17.0 Å². The molecule has 3 aromatic rings. The number of aryl methyl sites for hydroxylation is 3. The molecule has 2 aromatic carbocycles. The van der Waals surface area contributed by atoms with Gasteiger partial charge in [0.1, 0.15) is 5.75 Å². The number of para-hydroxylation sites is 1. The maximum Gasteiger partial charge on any atom is 0.203 e. The highest BCUT2D eigenvalue weighted by Gasteiger charge is 2.10. The first kappa shape index (κ1) is 17.2. The Hall–Kier alpha value is -2.66. The fourth-order valence-corrected chi connectivity index (χ4v) is 3.60. The van der Waals surface area contributed by atoms with Gasteiger partial charge >= 0.3 is 0 Å². The Labute approximate surface area is 152 Å². The Morgan fingerprint density at radius 3 is 2.56 bits per heavy atom. The summed E-state index contributed by atoms with van der Waals surface area (Å²) < 4.78 is 5.31. The third-order valence-corrected chi connectivity index (χ3v) is 4.69. The maximum atomic E-state index is 5.31. The van der Waals surface area contributed by atoms with E-state index in [1.807, 2.05) is 24.3 Å². The molecule has 0 atom stereocenters. The number of ether oxygens (including phenoxy) is 1. The predicted molar refractivity (Wildman–Crippen MR) is 106 cm³/mol. The molecule has 0 saturated heterocycles. The first-order chi connectivity index (χ1) is 12.1. The van der Waals surface area contributed by atoms with Crippen LogP contribution in [0.25, 0.3) is 11.3 Å². The van der Waals surface area contributed by atoms with E-state index in [2.05, 4.69) is 53.8 Å². The monoisotopic (exact) mass is 351 g/mol. The van der Waals surface area contributed by atoms with Crippen molar-refractivity contribution in [1.29, 1.82) is 0 Å². The first-order valence-electron chi connectivity index (χ1n) is 8.04. The van der Waals surface area contributed by atoms with Crippen LogP contribution in [0.1, 0.15) is 22.3 Å². The molecule has 0 saturated carbocycles. The molecule has 4 nitrogen and oxygen atoms in total. The van der Waals surface area contributed by atoms with Crippen molar-refractivity contribution in [2.75, 3.05) is 12.5 Å². The number of methoxy groups -OCH3 is 1. The lowest BCUT2D eigenvalue weighted by Crippen LogP contribution is -1.94. The summed E-state index contributed by atoms with van der Waals surface area (Å²) >= 11 is 1.54. The smallest absolute Gasteiger partial charge is 0.203 e. The summed E-state index contributed by atoms with van der Waals surface area (Å²) in [6.45, 7) is 6.37. The summed E-state index contributed by atoms with van der Waals surface area (Å²) in [5.41, 5.74) is 9.86. The van der Waals surface area contributed by atoms with Crippen molar-refractivity contribution in [3.63, 3.8) is 0 Å². The van der Waals surface area contributed by atoms with Crippen LogP contribution in [-0.4, -0.2) is 18.3 Å². The van der Waals surface area contributed by atoms with E-state index < -0.39 is 0 Å². The normalized spacial score (nSPS) is 11.0. The molecule has 5 heteroatoms. The molecule has 0 spiro atoms. The molecule has 1 heterocycles. The third-order valence-electron chi connectivity index (χ3n) is 3.94. The summed E-state index contributed by atoms with van der Waals surface area (Å²) in [5, 5.41) is 7.10. The topological polar surface area (TPSA) is 46.5 Å². The Kier molecular flexibility index (Phi) is 5.14. The Morgan fingerprint density at radius 1 is 1.12 bits per heavy atom. The van der Waals surface area contributed by atoms with Crippen LogP contribution in [0.5, 0.6) is 5.75 Å². The molecule has 3 rings (SSSR count). The van der Waals surface area contributed by atoms with E-state index in [1.165, 1.54) is 22.3 Å². The molecule has 0 aliphatic rings. The minimum absolute atomic E-state index is 0.764. The van der Waals surface area contributed by atoms with Gasteiger partial charge in [0.2, 0.25) is 5.13 Å². The molecular weight excluding hydrogens is 330 g/mol. The van der Waals surface area contributed by atoms with Crippen LogP contribution in [0.3, 0.4) is 0 Å². The summed E-state index contributed by atoms with van der Waals surface area (Å²) in [7, 11) is 1.65. The Balaban J connectivity index is 1.78. The molecule has 128 valence electrons. The summed E-state index contributed by atoms with van der Waals surface area (Å²) in [4.78, 5) is 4.67. The lowest BCUT2D eigenvalue weighted by atomic mass is 9.98. The van der Waals surface area contributed by atoms with Gasteiger partial charge in [-0.25, -0.2) is 4.98 Å². The molecule has 0 bridgehead atoms. The number of hydrogen-bond acceptors (Lipinski definition) is 5. The summed E-state index contributed by atoms with van der Waals surface area (Å²) in [6.07, 6.45) is 1.74. The SMILES string of the molecule is COc1ccccc1/C=N\Nc1nc(-c2c(C)cc(C)cc2C)cs1. The number of rotatable bonds is 5. The molecule has 0 unspecified atom stereocenters. The number of anilines is 1. The maximum absolute atomic E-state index is 5.31. The van der Waals surface area contributed by atoms with Gasteiger partial charge in [-0.1, -0.05) is 29.8 Å². The van der Waals surface area contributed by atoms with Gasteiger partial charge in [-0.3, -0.25) is 5.43 Å². The highest BCUT2D eigenvalue weighted by Crippen LogP contribution is 2.31. The van der Waals surface area contributed by atoms with Crippen molar-refractivity contribution < 1.29 is 4.74 Å². The Bertz CT molecular complexity index is 892. The van der Waals surface area contributed by atoms with Gasteiger partial charge in [0, 0.05) is 16.5 Å². The van der Waals surface area contributed by atoms with Crippen LogP contribution in [0.4, 0.5) is 5.13 Å². The fourth-order valence-electron chi connectivity index (χ4n) is 2.95. The van der Waals surface area contributed by atoms with Gasteiger partial charge in [0.25, 0.3) is 0 Å². The molecular formula is C20H21N3OS. The average Bonchev–Trinajstić information content (AvgIpc) is 3.03. The standard InChI is InChI=1S/C20H21N3OS/c1-13-9-14(2)19(15(3)10-13)17-12-25-20(22-17)23-21-11-16-7-5-6-8-18(16)24-4/h5-12H,1-4H3,(H,22,23)/b21-11-. The summed E-state index contributed by atoms with van der Waals surface area (Å²) in [5.74, 6) is 0.791. The molecule has 0 aliphatic carbocycles. The zero-order valence-corrected chi connectivity index (χ0v) is 15.6. The predicted octanol–water partition coefficient (Wildman–Crippen LogP) is 5.19. The third kappa shape index (κ3) is 3.88. The van der Waals surface area contributed by atoms with Crippen molar-refractivity contribution >= 4 is 22.7 Å². The van der Waals surface area contributed by atoms with Gasteiger partial charge < -0.3 is 4.74 Å². The van der Waals surface area contributed by atoms with Gasteiger partial charge in [-0.05, 0) is 44.0 Å². The van der Waals surface area contributed by atoms with Gasteiger partial charge in [0.05, 0.1) is 19.0 Å². The second-order valence-corrected chi connectivity index (χ2v) is 6.78. The van der Waals surface area contributed by atoms with Crippen molar-refractivity contribution in [2.24, 2.45) is 5.10 Å². The number of thiazole rings is 1. The molecule has 25 heavy (non-hydrogen) atoms. The fraction of sp³-hybridized carbons (Fsp3) is 0.200. The largest absolute Gasteiger partial charge is 0.496 e. The van der Waals surface area contributed by atoms with Crippen molar-refractivity contribution in [3.05, 3.63) is 64.0 Å². The van der Waals surface area contributed by atoms with Crippen LogP contribution in [0.15, 0.2) is 46.9 Å². The number of nitrogens with one attached hydrogen (secondary N) is 1. The molecule has 1 aromatic heterocycles. The van der Waals surface area contributed by atoms with Crippen LogP contribution in [0.2, 0.25) is 0 Å². The van der Waals surface area contributed by atoms with E-state index >= 15 is 0 Å². The second kappa shape index (κ2) is 7.49. The van der Waals surface area contributed by atoms with Gasteiger partial charge in [-0.2, -0.15) is 5.10 Å². The van der Waals surface area contributed by atoms with Gasteiger partial charge in [0.15, 0.2) is 0 Å². The second-order valence-electron chi connectivity index (χ2n) is 5.92. The van der Waals surface area contributed by atoms with E-state index in [1.54, 1.807) is 24.7 Å². The van der Waals surface area contributed by atoms with E-state index in [0.29, 0.717) is 0 Å². The zero-order chi connectivity index (χ0) is 17.8. The number of nitrogens with zero attached hydrogens (tertiary/aromatic N) is 2. The molecule has 0 aliphatic heterocycles. The van der Waals surface area contributed by atoms with Crippen LogP contribution < -0.4 is 10.2 Å². The number of hydrazone groups is 1. The quantitative estimate of drug-likeness (QED) is 0.508. The number of hydrogen-bond donors (Lipinski definition) is 1. The minimum Gasteiger partial charge on any atom is -0.496 e. The van der Waals surface area contributed by atoms with E-state index in [9.17, 15) is 0 Å². The Morgan fingerprint density at radius 2 is 1.84 bits per heavy atom. The van der Waals surface area contributed by atoms with Crippen LogP contribution in [-0.2, 0) is 0 Å². The molecule has 0 fully saturated rings. The van der Waals surface area contributed by atoms with Gasteiger partial charge in [-0.15, -0.1) is 11.3 Å². The zero-order valence-electron chi connectivity index (χ0n) is 14.8. The molecule has 1 N–H and O–H groups in total. The van der Waals surface area contributed by atoms with E-state index in [4.69, 9.17) is 4.74 Å². The lowest BCUT2D eigenvalue weighted by molar-refractivity contribution is 0.414. The van der Waals surface area contributed by atoms with E-state index in [-0.39, 0.29) is 0 Å². The number of aromatic nitrogens is 1. The minimum atomic E-state index is 0.764. The number of benzene rings is 2. The lowest BCUT2D eigenvalue weighted by Gasteiger charge is -2.08. The van der Waals surface area contributed by atoms with E-state index in [0.717, 1.165) is 22.1 Å². The van der Waals surface area contributed by atoms with Crippen molar-refractivity contribution in [1.82, 2.24) is 4.98 Å². The molecule has 0 amide bonds. The highest BCUT2D eigenvalue weighted by atomic mass is 32.1. The van der Waals surface area contributed by atoms with Crippen LogP contribution >= 0.6 is 11.3 Å². The first-order valence-corrected chi connectivity index (χ1v) is 8.92. The average molecular weight is 351 g/mol. The highest BCUT2D eigenvalue weighted by molar-refractivity contribution is 7.14.